The summed E-state index contributed by atoms with van der Waals surface area (Å²) < 4.78 is 1.60. The molecule has 5 aromatic rings. The topological polar surface area (TPSA) is 64.0 Å². The number of hydrogen-bond acceptors (Lipinski definition) is 4. The van der Waals surface area contributed by atoms with Gasteiger partial charge in [-0.15, -0.1) is 0 Å². The monoisotopic (exact) mass is 479 g/mol. The third-order valence-corrected chi connectivity index (χ3v) is 6.87. The van der Waals surface area contributed by atoms with Gasteiger partial charge in [-0.2, -0.15) is 0 Å². The van der Waals surface area contributed by atoms with Gasteiger partial charge in [0.15, 0.2) is 5.16 Å². The summed E-state index contributed by atoms with van der Waals surface area (Å²) in [5, 5.41) is 6.17. The number of rotatable bonds is 6. The minimum absolute atomic E-state index is 0.127. The smallest absolute Gasteiger partial charge is 0.266 e. The molecule has 0 aliphatic rings. The van der Waals surface area contributed by atoms with Gasteiger partial charge in [0, 0.05) is 5.69 Å². The van der Waals surface area contributed by atoms with E-state index < -0.39 is 0 Å². The number of anilines is 1. The predicted octanol–water partition coefficient (Wildman–Crippen LogP) is 6.39. The van der Waals surface area contributed by atoms with E-state index in [1.54, 1.807) is 10.6 Å². The Hall–Kier alpha value is -3.90. The van der Waals surface area contributed by atoms with Gasteiger partial charge in [0.1, 0.15) is 0 Å². The van der Waals surface area contributed by atoms with Gasteiger partial charge in [0.2, 0.25) is 5.91 Å². The number of fused-ring (bicyclic) bond motifs is 2. The van der Waals surface area contributed by atoms with E-state index in [0.29, 0.717) is 22.0 Å². The van der Waals surface area contributed by atoms with Crippen LogP contribution in [0.2, 0.25) is 0 Å². The zero-order valence-electron chi connectivity index (χ0n) is 19.6. The van der Waals surface area contributed by atoms with Gasteiger partial charge < -0.3 is 5.32 Å². The first kappa shape index (κ1) is 22.9. The van der Waals surface area contributed by atoms with Crippen molar-refractivity contribution in [2.75, 3.05) is 11.1 Å². The largest absolute Gasteiger partial charge is 0.325 e. The van der Waals surface area contributed by atoms with Gasteiger partial charge in [-0.3, -0.25) is 14.2 Å². The average Bonchev–Trinajstić information content (AvgIpc) is 2.87. The molecule has 0 aliphatic heterocycles. The van der Waals surface area contributed by atoms with Crippen LogP contribution in [0.4, 0.5) is 5.69 Å². The first-order chi connectivity index (χ1) is 17.0. The van der Waals surface area contributed by atoms with Crippen LogP contribution >= 0.6 is 11.8 Å². The fourth-order valence-corrected chi connectivity index (χ4v) is 4.85. The van der Waals surface area contributed by atoms with Gasteiger partial charge >= 0.3 is 0 Å². The molecule has 0 fully saturated rings. The number of carbonyl (C=O) groups excluding carboxylic acids is 1. The zero-order chi connectivity index (χ0) is 24.4. The number of nitrogens with one attached hydrogen (secondary N) is 1. The number of nitrogens with zero attached hydrogens (tertiary/aromatic N) is 2. The molecule has 0 unspecified atom stereocenters. The highest BCUT2D eigenvalue weighted by molar-refractivity contribution is 7.99. The van der Waals surface area contributed by atoms with Crippen LogP contribution in [0.5, 0.6) is 0 Å². The summed E-state index contributed by atoms with van der Waals surface area (Å²) in [5.41, 5.74) is 3.13. The van der Waals surface area contributed by atoms with E-state index in [1.165, 1.54) is 17.3 Å². The first-order valence-electron chi connectivity index (χ1n) is 11.5. The average molecular weight is 480 g/mol. The molecule has 0 spiro atoms. The standard InChI is InChI=1S/C29H25N3O2S/c1-19(2)20-12-15-24(16-13-20)32-28(34)25-9-5-6-10-26(25)31-29(32)35-18-27(33)30-23-14-11-21-7-3-4-8-22(21)17-23/h3-17,19H,18H2,1-2H3,(H,30,33). The van der Waals surface area contributed by atoms with Crippen LogP contribution in [-0.4, -0.2) is 21.2 Å². The Kier molecular flexibility index (Phi) is 6.38. The molecule has 5 nitrogen and oxygen atoms in total. The first-order valence-corrected chi connectivity index (χ1v) is 12.5. The van der Waals surface area contributed by atoms with Crippen molar-refractivity contribution in [2.45, 2.75) is 24.9 Å². The molecule has 0 saturated carbocycles. The summed E-state index contributed by atoms with van der Waals surface area (Å²) >= 11 is 1.25. The number of aromatic nitrogens is 2. The highest BCUT2D eigenvalue weighted by Crippen LogP contribution is 2.24. The van der Waals surface area contributed by atoms with Crippen molar-refractivity contribution in [3.05, 3.63) is 107 Å². The summed E-state index contributed by atoms with van der Waals surface area (Å²) in [5.74, 6) is 0.361. The van der Waals surface area contributed by atoms with Gasteiger partial charge in [0.05, 0.1) is 22.3 Å². The van der Waals surface area contributed by atoms with Crippen LogP contribution in [-0.2, 0) is 4.79 Å². The van der Waals surface area contributed by atoms with E-state index in [-0.39, 0.29) is 17.2 Å². The lowest BCUT2D eigenvalue weighted by Crippen LogP contribution is -2.23. The summed E-state index contributed by atoms with van der Waals surface area (Å²) in [7, 11) is 0. The zero-order valence-corrected chi connectivity index (χ0v) is 20.4. The van der Waals surface area contributed by atoms with E-state index in [9.17, 15) is 9.59 Å². The summed E-state index contributed by atoms with van der Waals surface area (Å²) in [4.78, 5) is 31.0. The second-order valence-electron chi connectivity index (χ2n) is 8.70. The fraction of sp³-hybridized carbons (Fsp3) is 0.138. The van der Waals surface area contributed by atoms with Crippen molar-refractivity contribution in [1.82, 2.24) is 9.55 Å². The molecular weight excluding hydrogens is 454 g/mol. The fourth-order valence-electron chi connectivity index (χ4n) is 4.04. The number of para-hydroxylation sites is 1. The predicted molar refractivity (Wildman–Crippen MR) is 145 cm³/mol. The minimum atomic E-state index is -0.158. The van der Waals surface area contributed by atoms with Crippen molar-refractivity contribution < 1.29 is 4.79 Å². The molecule has 6 heteroatoms. The van der Waals surface area contributed by atoms with Crippen molar-refractivity contribution >= 4 is 45.0 Å². The maximum absolute atomic E-state index is 13.4. The van der Waals surface area contributed by atoms with Gasteiger partial charge in [-0.25, -0.2) is 4.98 Å². The Labute approximate surface area is 207 Å². The highest BCUT2D eigenvalue weighted by Gasteiger charge is 2.15. The van der Waals surface area contributed by atoms with E-state index in [4.69, 9.17) is 4.98 Å². The van der Waals surface area contributed by atoms with Crippen LogP contribution in [0.1, 0.15) is 25.3 Å². The lowest BCUT2D eigenvalue weighted by atomic mass is 10.0. The molecule has 5 rings (SSSR count). The quantitative estimate of drug-likeness (QED) is 0.226. The van der Waals surface area contributed by atoms with E-state index >= 15 is 0 Å². The lowest BCUT2D eigenvalue weighted by Gasteiger charge is -2.14. The normalized spacial score (nSPS) is 11.3. The number of benzene rings is 4. The van der Waals surface area contributed by atoms with Gasteiger partial charge in [0.25, 0.3) is 5.56 Å². The van der Waals surface area contributed by atoms with Crippen LogP contribution in [0.3, 0.4) is 0 Å². The second kappa shape index (κ2) is 9.76. The molecular formula is C29H25N3O2S. The Balaban J connectivity index is 1.44. The maximum atomic E-state index is 13.4. The van der Waals surface area contributed by atoms with E-state index in [2.05, 4.69) is 19.2 Å². The summed E-state index contributed by atoms with van der Waals surface area (Å²) in [6.07, 6.45) is 0. The third-order valence-electron chi connectivity index (χ3n) is 5.93. The molecule has 1 aromatic heterocycles. The molecule has 0 aliphatic carbocycles. The minimum Gasteiger partial charge on any atom is -0.325 e. The van der Waals surface area contributed by atoms with Crippen LogP contribution in [0.15, 0.2) is 101 Å². The maximum Gasteiger partial charge on any atom is 0.266 e. The van der Waals surface area contributed by atoms with Crippen molar-refractivity contribution in [3.8, 4) is 5.69 Å². The van der Waals surface area contributed by atoms with Crippen LogP contribution in [0, 0.1) is 0 Å². The Bertz CT molecular complexity index is 1590. The summed E-state index contributed by atoms with van der Waals surface area (Å²) in [6, 6.07) is 29.1. The molecule has 0 radical (unpaired) electrons. The summed E-state index contributed by atoms with van der Waals surface area (Å²) in [6.45, 7) is 4.27. The van der Waals surface area contributed by atoms with Crippen LogP contribution < -0.4 is 10.9 Å². The molecule has 0 atom stereocenters. The van der Waals surface area contributed by atoms with Gasteiger partial charge in [-0.1, -0.05) is 80.2 Å². The number of amides is 1. The van der Waals surface area contributed by atoms with Crippen molar-refractivity contribution in [3.63, 3.8) is 0 Å². The second-order valence-corrected chi connectivity index (χ2v) is 9.64. The molecule has 1 amide bonds. The van der Waals surface area contributed by atoms with Crippen molar-refractivity contribution in [1.29, 1.82) is 0 Å². The molecule has 1 heterocycles. The molecule has 1 N–H and O–H groups in total. The van der Waals surface area contributed by atoms with Crippen molar-refractivity contribution in [2.24, 2.45) is 0 Å². The number of carbonyl (C=O) groups is 1. The third kappa shape index (κ3) is 4.84. The Morgan fingerprint density at radius 2 is 1.63 bits per heavy atom. The molecule has 4 aromatic carbocycles. The SMILES string of the molecule is CC(C)c1ccc(-n2c(SCC(=O)Nc3ccc4ccccc4c3)nc3ccccc3c2=O)cc1. The molecule has 0 saturated heterocycles. The molecule has 35 heavy (non-hydrogen) atoms. The highest BCUT2D eigenvalue weighted by atomic mass is 32.2. The van der Waals surface area contributed by atoms with Crippen LogP contribution in [0.25, 0.3) is 27.4 Å². The van der Waals surface area contributed by atoms with Gasteiger partial charge in [-0.05, 0) is 58.7 Å². The van der Waals surface area contributed by atoms with E-state index in [0.717, 1.165) is 22.1 Å². The molecule has 174 valence electrons. The Morgan fingerprint density at radius 1 is 0.914 bits per heavy atom. The molecule has 0 bridgehead atoms. The van der Waals surface area contributed by atoms with E-state index in [1.807, 2.05) is 84.9 Å². The number of thioether (sulfide) groups is 1. The Morgan fingerprint density at radius 3 is 2.40 bits per heavy atom. The number of hydrogen-bond donors (Lipinski definition) is 1. The lowest BCUT2D eigenvalue weighted by molar-refractivity contribution is -0.113.